The van der Waals surface area contributed by atoms with Gasteiger partial charge in [-0.15, -0.1) is 10.2 Å². The van der Waals surface area contributed by atoms with Crippen LogP contribution in [0.15, 0.2) is 41.6 Å². The highest BCUT2D eigenvalue weighted by Crippen LogP contribution is 2.26. The molecule has 0 spiro atoms. The molecule has 0 saturated heterocycles. The lowest BCUT2D eigenvalue weighted by Crippen LogP contribution is -2.04. The zero-order valence-corrected chi connectivity index (χ0v) is 15.1. The number of pyridine rings is 1. The van der Waals surface area contributed by atoms with E-state index < -0.39 is 0 Å². The highest BCUT2D eigenvalue weighted by molar-refractivity contribution is 7.99. The number of nitrogens with one attached hydrogen (secondary N) is 1. The normalized spacial score (nSPS) is 11.5. The van der Waals surface area contributed by atoms with Crippen LogP contribution in [0.2, 0.25) is 0 Å². The van der Waals surface area contributed by atoms with E-state index in [4.69, 9.17) is 0 Å². The van der Waals surface area contributed by atoms with Crippen molar-refractivity contribution in [3.05, 3.63) is 58.9 Å². The molecular formula is C19H18N4OS. The lowest BCUT2D eigenvalue weighted by molar-refractivity contribution is 0.102. The van der Waals surface area contributed by atoms with Gasteiger partial charge in [0.15, 0.2) is 16.6 Å². The topological polar surface area (TPSA) is 63.1 Å². The van der Waals surface area contributed by atoms with Crippen molar-refractivity contribution in [1.82, 2.24) is 19.6 Å². The second-order valence-electron chi connectivity index (χ2n) is 6.22. The summed E-state index contributed by atoms with van der Waals surface area (Å²) in [6.07, 6.45) is 0. The van der Waals surface area contributed by atoms with E-state index in [1.54, 1.807) is 0 Å². The molecule has 0 radical (unpaired) electrons. The molecule has 25 heavy (non-hydrogen) atoms. The molecule has 0 fully saturated rings. The number of Topliss-reactive ketones (excluding diaryl/α,β-unsaturated/α-hetero) is 1. The van der Waals surface area contributed by atoms with Crippen LogP contribution in [0.5, 0.6) is 0 Å². The number of thioether (sulfide) groups is 1. The largest absolute Gasteiger partial charge is 0.362 e. The number of aromatic nitrogens is 4. The Morgan fingerprint density at radius 3 is 2.72 bits per heavy atom. The van der Waals surface area contributed by atoms with Crippen LogP contribution in [0.1, 0.15) is 27.3 Å². The molecule has 0 aliphatic heterocycles. The van der Waals surface area contributed by atoms with Crippen LogP contribution in [-0.2, 0) is 0 Å². The highest BCUT2D eigenvalue weighted by atomic mass is 32.2. The van der Waals surface area contributed by atoms with Crippen molar-refractivity contribution in [1.29, 1.82) is 0 Å². The number of hydrogen-bond acceptors (Lipinski definition) is 4. The molecule has 0 amide bonds. The Labute approximate surface area is 149 Å². The molecule has 3 heterocycles. The molecule has 4 rings (SSSR count). The second-order valence-corrected chi connectivity index (χ2v) is 7.17. The van der Waals surface area contributed by atoms with E-state index in [1.807, 2.05) is 42.5 Å². The molecular weight excluding hydrogens is 332 g/mol. The van der Waals surface area contributed by atoms with Crippen molar-refractivity contribution >= 4 is 34.1 Å². The first-order valence-electron chi connectivity index (χ1n) is 8.10. The molecule has 0 aliphatic rings. The zero-order valence-electron chi connectivity index (χ0n) is 14.3. The minimum atomic E-state index is 0.0972. The molecule has 6 heteroatoms. The van der Waals surface area contributed by atoms with Gasteiger partial charge in [0.2, 0.25) is 0 Å². The van der Waals surface area contributed by atoms with Gasteiger partial charge in [-0.1, -0.05) is 30.0 Å². The van der Waals surface area contributed by atoms with Crippen LogP contribution >= 0.6 is 11.8 Å². The Morgan fingerprint density at radius 2 is 1.96 bits per heavy atom. The number of rotatable bonds is 4. The second kappa shape index (κ2) is 6.04. The summed E-state index contributed by atoms with van der Waals surface area (Å²) >= 11 is 1.42. The Hall–Kier alpha value is -2.60. The summed E-state index contributed by atoms with van der Waals surface area (Å²) in [4.78, 5) is 15.7. The number of carbonyl (C=O) groups excluding carboxylic acids is 1. The summed E-state index contributed by atoms with van der Waals surface area (Å²) in [7, 11) is 0. The fraction of sp³-hybridized carbons (Fsp3) is 0.211. The van der Waals surface area contributed by atoms with Crippen molar-refractivity contribution < 1.29 is 4.79 Å². The lowest BCUT2D eigenvalue weighted by atomic mass is 10.1. The number of benzene rings is 1. The first-order chi connectivity index (χ1) is 12.0. The lowest BCUT2D eigenvalue weighted by Gasteiger charge is -2.07. The third-order valence-corrected chi connectivity index (χ3v) is 5.29. The first kappa shape index (κ1) is 15.9. The van der Waals surface area contributed by atoms with Gasteiger partial charge in [0.25, 0.3) is 0 Å². The number of ketones is 1. The van der Waals surface area contributed by atoms with Crippen LogP contribution in [0.3, 0.4) is 0 Å². The van der Waals surface area contributed by atoms with E-state index in [0.29, 0.717) is 5.75 Å². The number of fused-ring (bicyclic) bond motifs is 3. The maximum Gasteiger partial charge on any atom is 0.196 e. The molecule has 0 unspecified atom stereocenters. The van der Waals surface area contributed by atoms with Gasteiger partial charge in [-0.25, -0.2) is 0 Å². The fourth-order valence-corrected chi connectivity index (χ4v) is 4.02. The van der Waals surface area contributed by atoms with Gasteiger partial charge in [0.05, 0.1) is 11.3 Å². The summed E-state index contributed by atoms with van der Waals surface area (Å²) in [5.74, 6) is 0.432. The smallest absolute Gasteiger partial charge is 0.196 e. The molecule has 0 saturated carbocycles. The predicted molar refractivity (Wildman–Crippen MR) is 101 cm³/mol. The van der Waals surface area contributed by atoms with E-state index in [0.717, 1.165) is 33.3 Å². The van der Waals surface area contributed by atoms with Gasteiger partial charge in [0, 0.05) is 22.3 Å². The molecule has 3 aromatic heterocycles. The molecule has 4 aromatic rings. The third-order valence-electron chi connectivity index (χ3n) is 4.36. The molecule has 126 valence electrons. The van der Waals surface area contributed by atoms with Gasteiger partial charge >= 0.3 is 0 Å². The molecule has 5 nitrogen and oxygen atoms in total. The van der Waals surface area contributed by atoms with Crippen LogP contribution in [0.25, 0.3) is 16.6 Å². The molecule has 0 atom stereocenters. The monoisotopic (exact) mass is 350 g/mol. The van der Waals surface area contributed by atoms with E-state index >= 15 is 0 Å². The number of hydrogen-bond donors (Lipinski definition) is 1. The van der Waals surface area contributed by atoms with Crippen molar-refractivity contribution in [2.75, 3.05) is 5.75 Å². The fourth-order valence-electron chi connectivity index (χ4n) is 3.19. The average Bonchev–Trinajstić information content (AvgIpc) is 3.15. The predicted octanol–water partition coefficient (Wildman–Crippen LogP) is 4.11. The van der Waals surface area contributed by atoms with Crippen LogP contribution in [0.4, 0.5) is 0 Å². The maximum atomic E-state index is 12.5. The molecule has 0 aliphatic carbocycles. The van der Waals surface area contributed by atoms with Gasteiger partial charge in [-0.3, -0.25) is 9.20 Å². The Balaban J connectivity index is 1.69. The maximum absolute atomic E-state index is 12.5. The minimum absolute atomic E-state index is 0.0972. The van der Waals surface area contributed by atoms with E-state index in [9.17, 15) is 4.79 Å². The van der Waals surface area contributed by atoms with Gasteiger partial charge in [-0.2, -0.15) is 0 Å². The standard InChI is InChI=1S/C19H18N4OS/c1-11-8-18-21-22-19(23(18)16-7-5-4-6-14(11)16)25-10-17(24)15-9-12(2)20-13(15)3/h4-9,20H,10H2,1-3H3. The quantitative estimate of drug-likeness (QED) is 0.444. The summed E-state index contributed by atoms with van der Waals surface area (Å²) < 4.78 is 2.02. The summed E-state index contributed by atoms with van der Waals surface area (Å²) in [6, 6.07) is 12.1. The van der Waals surface area contributed by atoms with E-state index in [2.05, 4.69) is 34.2 Å². The van der Waals surface area contributed by atoms with Crippen LogP contribution < -0.4 is 0 Å². The third kappa shape index (κ3) is 2.72. The summed E-state index contributed by atoms with van der Waals surface area (Å²) in [5.41, 5.74) is 5.70. The molecule has 1 aromatic carbocycles. The summed E-state index contributed by atoms with van der Waals surface area (Å²) in [6.45, 7) is 5.95. The number of nitrogens with zero attached hydrogens (tertiary/aromatic N) is 3. The van der Waals surface area contributed by atoms with E-state index in [1.165, 1.54) is 22.7 Å². The Bertz CT molecular complexity index is 1110. The van der Waals surface area contributed by atoms with E-state index in [-0.39, 0.29) is 5.78 Å². The number of carbonyl (C=O) groups is 1. The average molecular weight is 350 g/mol. The van der Waals surface area contributed by atoms with Crippen molar-refractivity contribution in [3.63, 3.8) is 0 Å². The molecule has 1 N–H and O–H groups in total. The Morgan fingerprint density at radius 1 is 1.16 bits per heavy atom. The number of H-pyrrole nitrogens is 1. The van der Waals surface area contributed by atoms with Crippen LogP contribution in [-0.4, -0.2) is 31.1 Å². The Kier molecular flexibility index (Phi) is 3.84. The number of para-hydroxylation sites is 1. The highest BCUT2D eigenvalue weighted by Gasteiger charge is 2.16. The number of aryl methyl sites for hydroxylation is 3. The zero-order chi connectivity index (χ0) is 17.6. The van der Waals surface area contributed by atoms with Crippen molar-refractivity contribution in [2.24, 2.45) is 0 Å². The van der Waals surface area contributed by atoms with Gasteiger partial charge in [-0.05, 0) is 44.5 Å². The SMILES string of the molecule is Cc1cc(C(=O)CSc2nnc3cc(C)c4ccccc4n23)c(C)[nH]1. The summed E-state index contributed by atoms with van der Waals surface area (Å²) in [5, 5.41) is 10.5. The molecule has 0 bridgehead atoms. The first-order valence-corrected chi connectivity index (χ1v) is 9.09. The minimum Gasteiger partial charge on any atom is -0.362 e. The number of aromatic amines is 1. The van der Waals surface area contributed by atoms with Gasteiger partial charge in [0.1, 0.15) is 0 Å². The van der Waals surface area contributed by atoms with Gasteiger partial charge < -0.3 is 4.98 Å². The van der Waals surface area contributed by atoms with Crippen molar-refractivity contribution in [3.8, 4) is 0 Å². The van der Waals surface area contributed by atoms with Crippen LogP contribution in [0, 0.1) is 20.8 Å². The van der Waals surface area contributed by atoms with Crippen molar-refractivity contribution in [2.45, 2.75) is 25.9 Å².